The molecule has 0 aliphatic carbocycles. The highest BCUT2D eigenvalue weighted by atomic mass is 16.5. The van der Waals surface area contributed by atoms with Gasteiger partial charge >= 0.3 is 0 Å². The van der Waals surface area contributed by atoms with E-state index in [9.17, 15) is 0 Å². The van der Waals surface area contributed by atoms with Crippen molar-refractivity contribution in [3.8, 4) is 5.75 Å². The predicted molar refractivity (Wildman–Crippen MR) is 61.3 cm³/mol. The fourth-order valence-corrected chi connectivity index (χ4v) is 1.94. The Morgan fingerprint density at radius 3 is 2.73 bits per heavy atom. The molecule has 3 heteroatoms. The fraction of sp³-hybridized carbons (Fsp3) is 0.417. The first-order chi connectivity index (χ1) is 7.30. The van der Waals surface area contributed by atoms with Crippen molar-refractivity contribution in [3.05, 3.63) is 24.0 Å². The molecule has 0 saturated carbocycles. The Balaban J connectivity index is 2.65. The Morgan fingerprint density at radius 2 is 2.13 bits per heavy atom. The highest BCUT2D eigenvalue weighted by Gasteiger charge is 2.07. The molecule has 80 valence electrons. The largest absolute Gasteiger partial charge is 0.495 e. The van der Waals surface area contributed by atoms with Crippen LogP contribution in [0.5, 0.6) is 5.75 Å². The molecule has 2 rings (SSSR count). The molecule has 2 aromatic rings. The lowest BCUT2D eigenvalue weighted by atomic mass is 10.3. The quantitative estimate of drug-likeness (QED) is 0.768. The minimum atomic E-state index is 0.818. The molecule has 0 aliphatic heterocycles. The molecule has 0 atom stereocenters. The van der Waals surface area contributed by atoms with Crippen LogP contribution in [0.15, 0.2) is 18.3 Å². The molecule has 0 saturated heterocycles. The first-order valence-corrected chi connectivity index (χ1v) is 5.32. The summed E-state index contributed by atoms with van der Waals surface area (Å²) in [6.07, 6.45) is 2.81. The molecule has 0 bridgehead atoms. The van der Waals surface area contributed by atoms with Crippen LogP contribution in [0.3, 0.4) is 0 Å². The number of aromatic nitrogens is 2. The number of ether oxygens (including phenoxy) is 1. The highest BCUT2D eigenvalue weighted by Crippen LogP contribution is 2.22. The van der Waals surface area contributed by atoms with E-state index in [4.69, 9.17) is 4.74 Å². The zero-order valence-corrected chi connectivity index (χ0v) is 9.45. The van der Waals surface area contributed by atoms with Crippen LogP contribution in [0.4, 0.5) is 0 Å². The number of methoxy groups -OCH3 is 1. The molecule has 0 N–H and O–H groups in total. The molecule has 0 aromatic carbocycles. The topological polar surface area (TPSA) is 27.1 Å². The SMILES string of the molecule is CCc1cc2cc(OC)cnc2n1CC. The molecular weight excluding hydrogens is 188 g/mol. The van der Waals surface area contributed by atoms with Gasteiger partial charge in [-0.3, -0.25) is 0 Å². The summed E-state index contributed by atoms with van der Waals surface area (Å²) in [5.41, 5.74) is 2.38. The van der Waals surface area contributed by atoms with Crippen molar-refractivity contribution >= 4 is 11.0 Å². The number of hydrogen-bond donors (Lipinski definition) is 0. The van der Waals surface area contributed by atoms with Crippen LogP contribution in [0.2, 0.25) is 0 Å². The van der Waals surface area contributed by atoms with E-state index in [1.165, 1.54) is 5.69 Å². The number of hydrogen-bond acceptors (Lipinski definition) is 2. The van der Waals surface area contributed by atoms with Gasteiger partial charge in [-0.1, -0.05) is 6.92 Å². The van der Waals surface area contributed by atoms with E-state index in [1.807, 2.05) is 6.07 Å². The smallest absolute Gasteiger partial charge is 0.140 e. The van der Waals surface area contributed by atoms with Gasteiger partial charge in [-0.05, 0) is 25.5 Å². The van der Waals surface area contributed by atoms with Gasteiger partial charge in [0.15, 0.2) is 0 Å². The Labute approximate surface area is 89.7 Å². The number of fused-ring (bicyclic) bond motifs is 1. The van der Waals surface area contributed by atoms with Crippen LogP contribution in [0, 0.1) is 0 Å². The summed E-state index contributed by atoms with van der Waals surface area (Å²) in [5.74, 6) is 0.818. The third-order valence-electron chi connectivity index (χ3n) is 2.71. The van der Waals surface area contributed by atoms with Crippen LogP contribution in [-0.2, 0) is 13.0 Å². The zero-order chi connectivity index (χ0) is 10.8. The molecular formula is C12H16N2O. The first kappa shape index (κ1) is 10.0. The van der Waals surface area contributed by atoms with Crippen LogP contribution in [0.25, 0.3) is 11.0 Å². The Bertz CT molecular complexity index is 474. The van der Waals surface area contributed by atoms with E-state index in [0.29, 0.717) is 0 Å². The van der Waals surface area contributed by atoms with E-state index < -0.39 is 0 Å². The Hall–Kier alpha value is -1.51. The van der Waals surface area contributed by atoms with Crippen LogP contribution < -0.4 is 4.74 Å². The normalized spacial score (nSPS) is 10.9. The van der Waals surface area contributed by atoms with Crippen molar-refractivity contribution in [1.29, 1.82) is 0 Å². The van der Waals surface area contributed by atoms with Gasteiger partial charge in [0.2, 0.25) is 0 Å². The van der Waals surface area contributed by atoms with Crippen LogP contribution in [-0.4, -0.2) is 16.7 Å². The molecule has 0 fully saturated rings. The first-order valence-electron chi connectivity index (χ1n) is 5.32. The molecule has 0 amide bonds. The average Bonchev–Trinajstić information content (AvgIpc) is 2.65. The molecule has 0 unspecified atom stereocenters. The summed E-state index contributed by atoms with van der Waals surface area (Å²) in [5, 5.41) is 1.16. The second-order valence-electron chi connectivity index (χ2n) is 3.52. The standard InChI is InChI=1S/C12H16N2O/c1-4-10-6-9-7-11(15-3)8-13-12(9)14(10)5-2/h6-8H,4-5H2,1-3H3. The minimum Gasteiger partial charge on any atom is -0.495 e. The lowest BCUT2D eigenvalue weighted by Gasteiger charge is -2.04. The Morgan fingerprint density at radius 1 is 1.33 bits per heavy atom. The van der Waals surface area contributed by atoms with Gasteiger partial charge in [0.25, 0.3) is 0 Å². The van der Waals surface area contributed by atoms with Crippen molar-refractivity contribution < 1.29 is 4.74 Å². The van der Waals surface area contributed by atoms with Gasteiger partial charge in [0.1, 0.15) is 11.4 Å². The van der Waals surface area contributed by atoms with Gasteiger partial charge in [-0.2, -0.15) is 0 Å². The summed E-state index contributed by atoms with van der Waals surface area (Å²) < 4.78 is 7.41. The van der Waals surface area contributed by atoms with Gasteiger partial charge in [-0.25, -0.2) is 4.98 Å². The van der Waals surface area contributed by atoms with Gasteiger partial charge in [0.05, 0.1) is 13.3 Å². The maximum Gasteiger partial charge on any atom is 0.140 e. The van der Waals surface area contributed by atoms with Crippen molar-refractivity contribution in [2.45, 2.75) is 26.8 Å². The molecule has 2 heterocycles. The lowest BCUT2D eigenvalue weighted by Crippen LogP contribution is -1.99. The predicted octanol–water partition coefficient (Wildman–Crippen LogP) is 2.63. The van der Waals surface area contributed by atoms with Gasteiger partial charge in [0, 0.05) is 17.6 Å². The number of nitrogens with zero attached hydrogens (tertiary/aromatic N) is 2. The summed E-state index contributed by atoms with van der Waals surface area (Å²) in [7, 11) is 1.67. The van der Waals surface area contributed by atoms with Gasteiger partial charge in [-0.15, -0.1) is 0 Å². The van der Waals surface area contributed by atoms with Crippen molar-refractivity contribution in [2.75, 3.05) is 7.11 Å². The molecule has 0 aliphatic rings. The van der Waals surface area contributed by atoms with E-state index in [1.54, 1.807) is 13.3 Å². The second kappa shape index (κ2) is 3.93. The maximum absolute atomic E-state index is 5.17. The average molecular weight is 204 g/mol. The molecule has 0 spiro atoms. The van der Waals surface area contributed by atoms with Gasteiger partial charge < -0.3 is 9.30 Å². The highest BCUT2D eigenvalue weighted by molar-refractivity contribution is 5.78. The third kappa shape index (κ3) is 1.58. The third-order valence-corrected chi connectivity index (χ3v) is 2.71. The van der Waals surface area contributed by atoms with Crippen LogP contribution in [0.1, 0.15) is 19.5 Å². The summed E-state index contributed by atoms with van der Waals surface area (Å²) >= 11 is 0. The zero-order valence-electron chi connectivity index (χ0n) is 9.45. The summed E-state index contributed by atoms with van der Waals surface area (Å²) in [6, 6.07) is 4.22. The fourth-order valence-electron chi connectivity index (χ4n) is 1.94. The van der Waals surface area contributed by atoms with E-state index in [-0.39, 0.29) is 0 Å². The summed E-state index contributed by atoms with van der Waals surface area (Å²) in [4.78, 5) is 4.43. The molecule has 2 aromatic heterocycles. The van der Waals surface area contributed by atoms with Crippen molar-refractivity contribution in [3.63, 3.8) is 0 Å². The molecule has 3 nitrogen and oxygen atoms in total. The number of pyridine rings is 1. The molecule has 15 heavy (non-hydrogen) atoms. The molecule has 0 radical (unpaired) electrons. The minimum absolute atomic E-state index is 0.818. The number of aryl methyl sites for hydroxylation is 2. The maximum atomic E-state index is 5.17. The van der Waals surface area contributed by atoms with E-state index in [2.05, 4.69) is 29.5 Å². The number of rotatable bonds is 3. The lowest BCUT2D eigenvalue weighted by molar-refractivity contribution is 0.413. The van der Waals surface area contributed by atoms with Crippen molar-refractivity contribution in [1.82, 2.24) is 9.55 Å². The van der Waals surface area contributed by atoms with E-state index >= 15 is 0 Å². The monoisotopic (exact) mass is 204 g/mol. The van der Waals surface area contributed by atoms with Crippen LogP contribution >= 0.6 is 0 Å². The van der Waals surface area contributed by atoms with Crippen molar-refractivity contribution in [2.24, 2.45) is 0 Å². The Kier molecular flexibility index (Phi) is 2.62. The summed E-state index contributed by atoms with van der Waals surface area (Å²) in [6.45, 7) is 5.27. The van der Waals surface area contributed by atoms with E-state index in [0.717, 1.165) is 29.7 Å². The second-order valence-corrected chi connectivity index (χ2v) is 3.52.